The first-order valence-electron chi connectivity index (χ1n) is 10.4. The van der Waals surface area contributed by atoms with Crippen LogP contribution in [0.15, 0.2) is 24.3 Å². The van der Waals surface area contributed by atoms with Crippen molar-refractivity contribution in [3.63, 3.8) is 0 Å². The average Bonchev–Trinajstić information content (AvgIpc) is 2.71. The van der Waals surface area contributed by atoms with E-state index in [4.69, 9.17) is 4.74 Å². The standard InChI is InChI=1S/C22H32N2O3/c1-18-7-5-8-20(17-18)27-16-6-9-21(25)23-14-10-19(11-15-23)22(26)24-12-3-2-4-13-24/h5,7-8,17,19H,2-4,6,9-16H2,1H3. The average molecular weight is 373 g/mol. The van der Waals surface area contributed by atoms with Gasteiger partial charge in [0.1, 0.15) is 5.75 Å². The molecule has 2 amide bonds. The first-order valence-corrected chi connectivity index (χ1v) is 10.4. The molecule has 2 aliphatic heterocycles. The number of nitrogens with zero attached hydrogens (tertiary/aromatic N) is 2. The van der Waals surface area contributed by atoms with Crippen LogP contribution in [0.3, 0.4) is 0 Å². The molecule has 2 heterocycles. The summed E-state index contributed by atoms with van der Waals surface area (Å²) in [4.78, 5) is 29.0. The van der Waals surface area contributed by atoms with Gasteiger partial charge in [0, 0.05) is 38.5 Å². The van der Waals surface area contributed by atoms with Gasteiger partial charge in [-0.05, 0) is 63.1 Å². The van der Waals surface area contributed by atoms with Crippen LogP contribution in [0.25, 0.3) is 0 Å². The van der Waals surface area contributed by atoms with Crippen LogP contribution in [-0.2, 0) is 9.59 Å². The van der Waals surface area contributed by atoms with Gasteiger partial charge in [-0.1, -0.05) is 12.1 Å². The Morgan fingerprint density at radius 1 is 1.04 bits per heavy atom. The molecule has 0 unspecified atom stereocenters. The molecule has 1 aromatic carbocycles. The first kappa shape index (κ1) is 19.7. The van der Waals surface area contributed by atoms with Crippen LogP contribution in [0.1, 0.15) is 50.5 Å². The molecule has 1 aromatic rings. The van der Waals surface area contributed by atoms with Crippen molar-refractivity contribution in [3.05, 3.63) is 29.8 Å². The summed E-state index contributed by atoms with van der Waals surface area (Å²) < 4.78 is 5.72. The minimum absolute atomic E-state index is 0.108. The second-order valence-corrected chi connectivity index (χ2v) is 7.81. The van der Waals surface area contributed by atoms with Gasteiger partial charge in [0.2, 0.25) is 11.8 Å². The van der Waals surface area contributed by atoms with Gasteiger partial charge in [0.25, 0.3) is 0 Å². The van der Waals surface area contributed by atoms with Crippen molar-refractivity contribution in [2.45, 2.75) is 51.9 Å². The van der Waals surface area contributed by atoms with Crippen molar-refractivity contribution in [1.82, 2.24) is 9.80 Å². The minimum Gasteiger partial charge on any atom is -0.494 e. The number of hydrogen-bond acceptors (Lipinski definition) is 3. The van der Waals surface area contributed by atoms with E-state index in [0.717, 1.165) is 50.9 Å². The molecular weight excluding hydrogens is 340 g/mol. The first-order chi connectivity index (χ1) is 13.1. The summed E-state index contributed by atoms with van der Waals surface area (Å²) in [6.45, 7) is 5.84. The lowest BCUT2D eigenvalue weighted by Crippen LogP contribution is -2.45. The quantitative estimate of drug-likeness (QED) is 0.719. The van der Waals surface area contributed by atoms with Crippen molar-refractivity contribution in [1.29, 1.82) is 0 Å². The van der Waals surface area contributed by atoms with Gasteiger partial charge >= 0.3 is 0 Å². The third-order valence-corrected chi connectivity index (χ3v) is 5.66. The van der Waals surface area contributed by atoms with Crippen molar-refractivity contribution in [2.75, 3.05) is 32.8 Å². The number of benzene rings is 1. The van der Waals surface area contributed by atoms with Gasteiger partial charge in [-0.15, -0.1) is 0 Å². The van der Waals surface area contributed by atoms with Crippen LogP contribution in [0.5, 0.6) is 5.75 Å². The van der Waals surface area contributed by atoms with E-state index < -0.39 is 0 Å². The van der Waals surface area contributed by atoms with Crippen molar-refractivity contribution in [3.8, 4) is 5.75 Å². The van der Waals surface area contributed by atoms with Gasteiger partial charge in [-0.3, -0.25) is 9.59 Å². The Morgan fingerprint density at radius 2 is 1.78 bits per heavy atom. The lowest BCUT2D eigenvalue weighted by molar-refractivity contribution is -0.141. The van der Waals surface area contributed by atoms with Gasteiger partial charge in [0.05, 0.1) is 6.61 Å². The van der Waals surface area contributed by atoms with Crippen LogP contribution in [0.4, 0.5) is 0 Å². The largest absolute Gasteiger partial charge is 0.494 e. The molecule has 2 saturated heterocycles. The van der Waals surface area contributed by atoms with Gasteiger partial charge in [0.15, 0.2) is 0 Å². The van der Waals surface area contributed by atoms with Gasteiger partial charge in [-0.2, -0.15) is 0 Å². The molecule has 0 atom stereocenters. The maximum Gasteiger partial charge on any atom is 0.225 e. The van der Waals surface area contributed by atoms with E-state index in [1.54, 1.807) is 0 Å². The summed E-state index contributed by atoms with van der Waals surface area (Å²) in [5.74, 6) is 1.47. The summed E-state index contributed by atoms with van der Waals surface area (Å²) in [7, 11) is 0. The fourth-order valence-corrected chi connectivity index (χ4v) is 4.02. The zero-order valence-corrected chi connectivity index (χ0v) is 16.5. The lowest BCUT2D eigenvalue weighted by atomic mass is 9.94. The number of piperidine rings is 2. The highest BCUT2D eigenvalue weighted by molar-refractivity contribution is 5.80. The Bertz CT molecular complexity index is 632. The molecule has 3 rings (SSSR count). The topological polar surface area (TPSA) is 49.9 Å². The van der Waals surface area contributed by atoms with Gasteiger partial charge in [-0.25, -0.2) is 0 Å². The van der Waals surface area contributed by atoms with Crippen molar-refractivity contribution in [2.24, 2.45) is 5.92 Å². The van der Waals surface area contributed by atoms with Crippen LogP contribution in [0, 0.1) is 12.8 Å². The fourth-order valence-electron chi connectivity index (χ4n) is 4.02. The number of carbonyl (C=O) groups excluding carboxylic acids is 2. The number of rotatable bonds is 6. The third kappa shape index (κ3) is 5.72. The monoisotopic (exact) mass is 372 g/mol. The normalized spacial score (nSPS) is 18.4. The maximum atomic E-state index is 12.6. The van der Waals surface area contributed by atoms with Crippen molar-refractivity contribution >= 4 is 11.8 Å². The van der Waals surface area contributed by atoms with Gasteiger partial charge < -0.3 is 14.5 Å². The summed E-state index contributed by atoms with van der Waals surface area (Å²) >= 11 is 0. The molecule has 0 N–H and O–H groups in total. The lowest BCUT2D eigenvalue weighted by Gasteiger charge is -2.35. The molecule has 5 heteroatoms. The highest BCUT2D eigenvalue weighted by atomic mass is 16.5. The zero-order chi connectivity index (χ0) is 19.1. The number of amides is 2. The molecule has 0 radical (unpaired) electrons. The van der Waals surface area contributed by atoms with E-state index in [1.165, 1.54) is 12.0 Å². The molecule has 27 heavy (non-hydrogen) atoms. The third-order valence-electron chi connectivity index (χ3n) is 5.66. The number of hydrogen-bond donors (Lipinski definition) is 0. The number of likely N-dealkylation sites (tertiary alicyclic amines) is 2. The Labute approximate surface area is 162 Å². The smallest absolute Gasteiger partial charge is 0.225 e. The van der Waals surface area contributed by atoms with E-state index in [-0.39, 0.29) is 11.8 Å². The molecule has 148 valence electrons. The van der Waals surface area contributed by atoms with Crippen molar-refractivity contribution < 1.29 is 14.3 Å². The second-order valence-electron chi connectivity index (χ2n) is 7.81. The summed E-state index contributed by atoms with van der Waals surface area (Å²) in [6.07, 6.45) is 6.35. The summed E-state index contributed by atoms with van der Waals surface area (Å²) in [6, 6.07) is 7.96. The van der Waals surface area contributed by atoms with E-state index >= 15 is 0 Å². The Balaban J connectivity index is 1.34. The SMILES string of the molecule is Cc1cccc(OCCCC(=O)N2CCC(C(=O)N3CCCCC3)CC2)c1. The Morgan fingerprint density at radius 3 is 2.48 bits per heavy atom. The van der Waals surface area contributed by atoms with E-state index in [2.05, 4.69) is 0 Å². The summed E-state index contributed by atoms with van der Waals surface area (Å²) in [5.41, 5.74) is 1.17. The Kier molecular flexibility index (Phi) is 7.13. The maximum absolute atomic E-state index is 12.6. The summed E-state index contributed by atoms with van der Waals surface area (Å²) in [5, 5.41) is 0. The molecule has 0 aromatic heterocycles. The molecule has 0 bridgehead atoms. The van der Waals surface area contributed by atoms with E-state index in [0.29, 0.717) is 32.0 Å². The predicted molar refractivity (Wildman–Crippen MR) is 106 cm³/mol. The predicted octanol–water partition coefficient (Wildman–Crippen LogP) is 3.41. The molecule has 2 fully saturated rings. The van der Waals surface area contributed by atoms with Crippen LogP contribution in [0.2, 0.25) is 0 Å². The minimum atomic E-state index is 0.108. The Hall–Kier alpha value is -2.04. The molecule has 0 spiro atoms. The highest BCUT2D eigenvalue weighted by Crippen LogP contribution is 2.22. The number of ether oxygens (including phenoxy) is 1. The molecule has 5 nitrogen and oxygen atoms in total. The van der Waals surface area contributed by atoms with Crippen LogP contribution >= 0.6 is 0 Å². The fraction of sp³-hybridized carbons (Fsp3) is 0.636. The zero-order valence-electron chi connectivity index (χ0n) is 16.5. The second kappa shape index (κ2) is 9.77. The molecule has 2 aliphatic rings. The molecular formula is C22H32N2O3. The van der Waals surface area contributed by atoms with E-state index in [9.17, 15) is 9.59 Å². The van der Waals surface area contributed by atoms with Crippen LogP contribution < -0.4 is 4.74 Å². The van der Waals surface area contributed by atoms with Crippen LogP contribution in [-0.4, -0.2) is 54.4 Å². The molecule has 0 saturated carbocycles. The van der Waals surface area contributed by atoms with E-state index in [1.807, 2.05) is 41.0 Å². The highest BCUT2D eigenvalue weighted by Gasteiger charge is 2.30. The number of carbonyl (C=O) groups is 2. The molecule has 0 aliphatic carbocycles. The number of aryl methyl sites for hydroxylation is 1.